The molecule has 3 heteroatoms. The Kier molecular flexibility index (Phi) is 19.8. The standard InChI is InChI=1S/C32H38N2S.C20H30.2C2H6/c1-31(2,3)23-7-13-26(14-8-23)34(27-15-9-24(10-16-27)32(4,5)6)28-17-21-30(22-18-28)35-29-19-11-25(33)12-20-29;1-8-9-17(19(2,3)4)13-10-16-11-14-18(15-12-16)20(5,6)7;2*1-2/h7-17,19-21H,18,22,33H2,1-6H3;9-15H,8H2,1-7H3;2*1-2H3/b;13-10-,17-9+;;. The van der Waals surface area contributed by atoms with E-state index in [4.69, 9.17) is 5.73 Å². The fourth-order valence-corrected chi connectivity index (χ4v) is 7.31. The lowest BCUT2D eigenvalue weighted by molar-refractivity contribution is 0.515. The van der Waals surface area contributed by atoms with Crippen molar-refractivity contribution >= 4 is 34.9 Å². The third kappa shape index (κ3) is 16.4. The predicted octanol–water partition coefficient (Wildman–Crippen LogP) is 17.8. The first-order valence-electron chi connectivity index (χ1n) is 22.1. The Morgan fingerprint density at radius 3 is 1.36 bits per heavy atom. The molecule has 1 aliphatic rings. The largest absolute Gasteiger partial charge is 0.399 e. The molecular weight excluding hydrogens is 733 g/mol. The maximum Gasteiger partial charge on any atom is 0.0458 e. The van der Waals surface area contributed by atoms with Crippen LogP contribution in [0.5, 0.6) is 0 Å². The lowest BCUT2D eigenvalue weighted by Crippen LogP contribution is -2.19. The first-order valence-corrected chi connectivity index (χ1v) is 22.9. The van der Waals surface area contributed by atoms with Gasteiger partial charge in [0.05, 0.1) is 0 Å². The first kappa shape index (κ1) is 50.9. The van der Waals surface area contributed by atoms with Gasteiger partial charge in [-0.3, -0.25) is 0 Å². The second-order valence-electron chi connectivity index (χ2n) is 18.9. The second kappa shape index (κ2) is 23.0. The molecule has 0 unspecified atom stereocenters. The summed E-state index contributed by atoms with van der Waals surface area (Å²) in [4.78, 5) is 5.03. The van der Waals surface area contributed by atoms with Crippen molar-refractivity contribution in [1.82, 2.24) is 0 Å². The Labute approximate surface area is 367 Å². The van der Waals surface area contributed by atoms with Gasteiger partial charge in [-0.15, -0.1) is 0 Å². The Morgan fingerprint density at radius 2 is 1.00 bits per heavy atom. The summed E-state index contributed by atoms with van der Waals surface area (Å²) in [5, 5.41) is 0. The van der Waals surface area contributed by atoms with Crippen molar-refractivity contribution in [1.29, 1.82) is 0 Å². The number of allylic oxidation sites excluding steroid dienone is 7. The van der Waals surface area contributed by atoms with Gasteiger partial charge in [-0.25, -0.2) is 0 Å². The van der Waals surface area contributed by atoms with Crippen molar-refractivity contribution in [3.05, 3.63) is 160 Å². The van der Waals surface area contributed by atoms with E-state index in [1.165, 1.54) is 54.7 Å². The smallest absolute Gasteiger partial charge is 0.0458 e. The molecule has 4 aromatic rings. The summed E-state index contributed by atoms with van der Waals surface area (Å²) >= 11 is 1.83. The number of nitrogen functional groups attached to an aromatic ring is 1. The van der Waals surface area contributed by atoms with Gasteiger partial charge in [0.25, 0.3) is 0 Å². The lowest BCUT2D eigenvalue weighted by Gasteiger charge is -2.31. The average Bonchev–Trinajstić information content (AvgIpc) is 3.19. The number of hydrogen-bond acceptors (Lipinski definition) is 3. The van der Waals surface area contributed by atoms with Crippen LogP contribution in [0.25, 0.3) is 6.08 Å². The zero-order valence-electron chi connectivity index (χ0n) is 40.2. The van der Waals surface area contributed by atoms with Crippen molar-refractivity contribution < 1.29 is 0 Å². The Morgan fingerprint density at radius 1 is 0.576 bits per heavy atom. The van der Waals surface area contributed by atoms with Crippen molar-refractivity contribution in [2.75, 3.05) is 10.6 Å². The Bertz CT molecular complexity index is 1890. The zero-order chi connectivity index (χ0) is 44.6. The highest BCUT2D eigenvalue weighted by molar-refractivity contribution is 8.03. The van der Waals surface area contributed by atoms with Crippen LogP contribution >= 0.6 is 11.8 Å². The van der Waals surface area contributed by atoms with Gasteiger partial charge in [0.1, 0.15) is 0 Å². The van der Waals surface area contributed by atoms with Crippen molar-refractivity contribution in [2.24, 2.45) is 5.41 Å². The number of nitrogens with two attached hydrogens (primary N) is 1. The summed E-state index contributed by atoms with van der Waals surface area (Å²) in [6.45, 7) is 37.3. The molecule has 2 N–H and O–H groups in total. The molecule has 0 saturated heterocycles. The molecule has 5 rings (SSSR count). The number of rotatable bonds is 8. The highest BCUT2D eigenvalue weighted by atomic mass is 32.2. The van der Waals surface area contributed by atoms with Crippen LogP contribution in [0, 0.1) is 5.41 Å². The third-order valence-corrected chi connectivity index (χ3v) is 11.1. The molecule has 0 radical (unpaired) electrons. The average molecular weight is 813 g/mol. The molecule has 0 aliphatic heterocycles. The van der Waals surface area contributed by atoms with Crippen LogP contribution in [-0.4, -0.2) is 0 Å². The van der Waals surface area contributed by atoms with Crippen LogP contribution in [0.4, 0.5) is 17.1 Å². The molecule has 320 valence electrons. The predicted molar refractivity (Wildman–Crippen MR) is 269 cm³/mol. The van der Waals surface area contributed by atoms with Crippen LogP contribution in [0.3, 0.4) is 0 Å². The molecule has 0 fully saturated rings. The van der Waals surface area contributed by atoms with Gasteiger partial charge < -0.3 is 10.6 Å². The van der Waals surface area contributed by atoms with Crippen molar-refractivity contribution in [3.8, 4) is 0 Å². The molecule has 0 atom stereocenters. The summed E-state index contributed by atoms with van der Waals surface area (Å²) in [6.07, 6.45) is 14.5. The van der Waals surface area contributed by atoms with Crippen LogP contribution in [0.2, 0.25) is 0 Å². The molecule has 59 heavy (non-hydrogen) atoms. The number of hydrogen-bond donors (Lipinski definition) is 1. The number of anilines is 3. The monoisotopic (exact) mass is 813 g/mol. The SMILES string of the molecule is CC.CC.CC(C)(C)c1ccc(N(C2=CC=C(Sc3ccc(N)cc3)CC2)c2ccc(C(C)(C)C)cc2)cc1.CC/C=C(\C=C/c1ccc(C(C)(C)C)cc1)C(C)(C)C. The van der Waals surface area contributed by atoms with Gasteiger partial charge in [0.15, 0.2) is 0 Å². The van der Waals surface area contributed by atoms with Gasteiger partial charge in [0, 0.05) is 27.7 Å². The van der Waals surface area contributed by atoms with E-state index >= 15 is 0 Å². The molecule has 0 bridgehead atoms. The maximum absolute atomic E-state index is 5.85. The van der Waals surface area contributed by atoms with Gasteiger partial charge in [-0.05, 0) is 128 Å². The molecule has 2 nitrogen and oxygen atoms in total. The molecule has 0 saturated carbocycles. The van der Waals surface area contributed by atoms with Crippen molar-refractivity contribution in [3.63, 3.8) is 0 Å². The fourth-order valence-electron chi connectivity index (χ4n) is 6.39. The Balaban J connectivity index is 0.000000426. The minimum Gasteiger partial charge on any atom is -0.399 e. The fraction of sp³-hybridized carbons (Fsp3) is 0.429. The number of nitrogens with zero attached hydrogens (tertiary/aromatic N) is 1. The summed E-state index contributed by atoms with van der Waals surface area (Å²) in [7, 11) is 0. The van der Waals surface area contributed by atoms with E-state index < -0.39 is 0 Å². The molecule has 0 amide bonds. The minimum absolute atomic E-state index is 0.138. The zero-order valence-corrected chi connectivity index (χ0v) is 41.0. The summed E-state index contributed by atoms with van der Waals surface area (Å²) in [5.74, 6) is 0. The molecule has 0 heterocycles. The van der Waals surface area contributed by atoms with E-state index in [-0.39, 0.29) is 21.7 Å². The topological polar surface area (TPSA) is 29.3 Å². The highest BCUT2D eigenvalue weighted by Crippen LogP contribution is 2.40. The van der Waals surface area contributed by atoms with E-state index in [9.17, 15) is 0 Å². The van der Waals surface area contributed by atoms with E-state index in [1.807, 2.05) is 51.6 Å². The summed E-state index contributed by atoms with van der Waals surface area (Å²) < 4.78 is 0. The van der Waals surface area contributed by atoms with E-state index in [0.717, 1.165) is 24.9 Å². The van der Waals surface area contributed by atoms with Crippen LogP contribution in [0.15, 0.2) is 142 Å². The van der Waals surface area contributed by atoms with Gasteiger partial charge in [0.2, 0.25) is 0 Å². The second-order valence-corrected chi connectivity index (χ2v) is 20.1. The molecule has 4 aromatic carbocycles. The highest BCUT2D eigenvalue weighted by Gasteiger charge is 2.21. The van der Waals surface area contributed by atoms with Gasteiger partial charge in [-0.1, -0.05) is 202 Å². The summed E-state index contributed by atoms with van der Waals surface area (Å²) in [6, 6.07) is 35.2. The van der Waals surface area contributed by atoms with Crippen LogP contribution in [-0.2, 0) is 16.2 Å². The quantitative estimate of drug-likeness (QED) is 0.142. The van der Waals surface area contributed by atoms with Gasteiger partial charge >= 0.3 is 0 Å². The molecule has 0 spiro atoms. The number of benzene rings is 4. The maximum atomic E-state index is 5.85. The molecule has 1 aliphatic carbocycles. The molecule has 0 aromatic heterocycles. The third-order valence-electron chi connectivity index (χ3n) is 10.0. The normalized spacial score (nSPS) is 13.5. The summed E-state index contributed by atoms with van der Waals surface area (Å²) in [5.41, 5.74) is 17.8. The lowest BCUT2D eigenvalue weighted by atomic mass is 9.85. The van der Waals surface area contributed by atoms with Gasteiger partial charge in [-0.2, -0.15) is 0 Å². The molecular formula is C56H80N2S. The minimum atomic E-state index is 0.138. The van der Waals surface area contributed by atoms with Crippen molar-refractivity contribution in [2.45, 2.75) is 158 Å². The Hall–Kier alpha value is -4.21. The van der Waals surface area contributed by atoms with Crippen LogP contribution in [0.1, 0.15) is 159 Å². The van der Waals surface area contributed by atoms with E-state index in [1.54, 1.807) is 0 Å². The van der Waals surface area contributed by atoms with Crippen LogP contribution < -0.4 is 10.6 Å². The first-order chi connectivity index (χ1) is 27.6. The van der Waals surface area contributed by atoms with E-state index in [0.29, 0.717) is 0 Å². The van der Waals surface area contributed by atoms with E-state index in [2.05, 4.69) is 210 Å². The number of thioether (sulfide) groups is 1.